The minimum absolute atomic E-state index is 0.375. The molecule has 0 saturated heterocycles. The van der Waals surface area contributed by atoms with Crippen molar-refractivity contribution in [2.45, 2.75) is 12.5 Å². The Bertz CT molecular complexity index is 310. The zero-order valence-electron chi connectivity index (χ0n) is 9.06. The van der Waals surface area contributed by atoms with Gasteiger partial charge in [0.2, 0.25) is 0 Å². The van der Waals surface area contributed by atoms with Crippen molar-refractivity contribution in [3.63, 3.8) is 0 Å². The molecule has 0 aromatic heterocycles. The van der Waals surface area contributed by atoms with Crippen LogP contribution in [-0.2, 0) is 15.8 Å². The van der Waals surface area contributed by atoms with Crippen LogP contribution in [0.1, 0.15) is 5.56 Å². The first-order valence-corrected chi connectivity index (χ1v) is 4.71. The number of nitrogens with two attached hydrogens (primary N) is 1. The summed E-state index contributed by atoms with van der Waals surface area (Å²) < 4.78 is 3.69. The first-order chi connectivity index (χ1) is 8.11. The first kappa shape index (κ1) is 15.7. The Morgan fingerprint density at radius 3 is 2.18 bits per heavy atom. The maximum absolute atomic E-state index is 10.4. The van der Waals surface area contributed by atoms with Crippen molar-refractivity contribution in [2.24, 2.45) is 5.73 Å². The lowest BCUT2D eigenvalue weighted by Gasteiger charge is -2.04. The second-order valence-electron chi connectivity index (χ2n) is 2.98. The monoisotopic (exact) mass is 237 g/mol. The van der Waals surface area contributed by atoms with E-state index in [2.05, 4.69) is 4.57 Å². The molecule has 5 N–H and O–H groups in total. The Hall–Kier alpha value is -1.34. The average Bonchev–Trinajstić information content (AvgIpc) is 2.32. The second-order valence-corrected chi connectivity index (χ2v) is 2.98. The fourth-order valence-corrected chi connectivity index (χ4v) is 0.983. The summed E-state index contributed by atoms with van der Waals surface area (Å²) in [6.45, 7) is 0. The number of aliphatic carboxylic acids is 1. The number of carbonyl (C=O) groups is 1. The number of carboxylic acid groups (broad SMARTS) is 1. The van der Waals surface area contributed by atoms with Gasteiger partial charge in [0, 0.05) is 0 Å². The minimum atomic E-state index is -0.959. The van der Waals surface area contributed by atoms with Crippen LogP contribution in [0.25, 0.3) is 0 Å². The van der Waals surface area contributed by atoms with E-state index in [1.165, 1.54) is 0 Å². The molecule has 90 valence electrons. The van der Waals surface area contributed by atoms with Gasteiger partial charge in [0.1, 0.15) is 6.04 Å². The fourth-order valence-electron chi connectivity index (χ4n) is 0.983. The third kappa shape index (κ3) is 8.47. The molecule has 8 heteroatoms. The lowest BCUT2D eigenvalue weighted by atomic mass is 10.1. The summed E-state index contributed by atoms with van der Waals surface area (Å²) in [4.78, 5) is 10.4. The Morgan fingerprint density at radius 2 is 1.82 bits per heavy atom. The van der Waals surface area contributed by atoms with Crippen molar-refractivity contribution in [3.8, 4) is 0 Å². The van der Waals surface area contributed by atoms with Crippen molar-refractivity contribution in [3.05, 3.63) is 35.9 Å². The lowest BCUT2D eigenvalue weighted by Crippen LogP contribution is -2.32. The highest BCUT2D eigenvalue weighted by molar-refractivity contribution is 6.32. The van der Waals surface area contributed by atoms with Gasteiger partial charge in [-0.05, 0) is 12.0 Å². The molecule has 17 heavy (non-hydrogen) atoms. The Morgan fingerprint density at radius 1 is 1.29 bits per heavy atom. The summed E-state index contributed by atoms with van der Waals surface area (Å²) in [7, 11) is 0.750. The Kier molecular flexibility index (Phi) is 9.08. The van der Waals surface area contributed by atoms with E-state index in [9.17, 15) is 4.79 Å². The van der Waals surface area contributed by atoms with Crippen molar-refractivity contribution in [2.75, 3.05) is 0 Å². The molecular formula is C9H13B2NO5. The van der Waals surface area contributed by atoms with E-state index in [-0.39, 0.29) is 0 Å². The zero-order chi connectivity index (χ0) is 13.1. The first-order valence-electron chi connectivity index (χ1n) is 4.71. The Balaban J connectivity index is 0.000000437. The van der Waals surface area contributed by atoms with Crippen molar-refractivity contribution in [1.29, 1.82) is 0 Å². The molecule has 0 aliphatic carbocycles. The second kappa shape index (κ2) is 9.86. The SMILES string of the molecule is N[C@@H](Cc1ccccc1)C(=O)O.O[B]O[B]O. The Labute approximate surface area is 101 Å². The van der Waals surface area contributed by atoms with Crippen LogP contribution >= 0.6 is 0 Å². The molecule has 0 spiro atoms. The summed E-state index contributed by atoms with van der Waals surface area (Å²) in [6, 6.07) is 8.54. The molecular weight excluding hydrogens is 224 g/mol. The molecule has 0 aliphatic heterocycles. The number of hydrogen-bond acceptors (Lipinski definition) is 5. The van der Waals surface area contributed by atoms with Gasteiger partial charge >= 0.3 is 21.3 Å². The summed E-state index contributed by atoms with van der Waals surface area (Å²) in [5.41, 5.74) is 6.30. The summed E-state index contributed by atoms with van der Waals surface area (Å²) in [6.07, 6.45) is 0.385. The molecule has 0 heterocycles. The van der Waals surface area contributed by atoms with E-state index in [1.54, 1.807) is 0 Å². The molecule has 0 bridgehead atoms. The molecule has 1 rings (SSSR count). The molecule has 2 radical (unpaired) electrons. The highest BCUT2D eigenvalue weighted by Crippen LogP contribution is 2.01. The van der Waals surface area contributed by atoms with Crippen LogP contribution in [0.3, 0.4) is 0 Å². The van der Waals surface area contributed by atoms with Gasteiger partial charge < -0.3 is 25.5 Å². The van der Waals surface area contributed by atoms with E-state index in [4.69, 9.17) is 20.9 Å². The predicted molar refractivity (Wildman–Crippen MR) is 62.8 cm³/mol. The van der Waals surface area contributed by atoms with Crippen LogP contribution in [0.15, 0.2) is 30.3 Å². The molecule has 1 atom stereocenters. The fraction of sp³-hybridized carbons (Fsp3) is 0.222. The number of hydrogen-bond donors (Lipinski definition) is 4. The highest BCUT2D eigenvalue weighted by atomic mass is 16.5. The summed E-state index contributed by atoms with van der Waals surface area (Å²) >= 11 is 0. The summed E-state index contributed by atoms with van der Waals surface area (Å²) in [5, 5.41) is 23.6. The van der Waals surface area contributed by atoms with Crippen LogP contribution in [-0.4, -0.2) is 42.5 Å². The van der Waals surface area contributed by atoms with Gasteiger partial charge in [-0.3, -0.25) is 4.79 Å². The maximum Gasteiger partial charge on any atom is 0.469 e. The van der Waals surface area contributed by atoms with Gasteiger partial charge in [0.05, 0.1) is 0 Å². The van der Waals surface area contributed by atoms with E-state index < -0.39 is 12.0 Å². The van der Waals surface area contributed by atoms with Crippen LogP contribution in [0.5, 0.6) is 0 Å². The van der Waals surface area contributed by atoms with Gasteiger partial charge in [-0.25, -0.2) is 0 Å². The van der Waals surface area contributed by atoms with Gasteiger partial charge in [0.15, 0.2) is 0 Å². The quantitative estimate of drug-likeness (QED) is 0.473. The third-order valence-corrected chi connectivity index (χ3v) is 1.74. The molecule has 0 fully saturated rings. The van der Waals surface area contributed by atoms with Crippen LogP contribution in [0, 0.1) is 0 Å². The van der Waals surface area contributed by atoms with Crippen molar-refractivity contribution < 1.29 is 24.5 Å². The molecule has 0 unspecified atom stereocenters. The van der Waals surface area contributed by atoms with E-state index in [0.717, 1.165) is 5.56 Å². The zero-order valence-corrected chi connectivity index (χ0v) is 9.06. The van der Waals surface area contributed by atoms with Gasteiger partial charge in [-0.1, -0.05) is 30.3 Å². The molecule has 0 saturated carbocycles. The largest absolute Gasteiger partial charge is 0.480 e. The lowest BCUT2D eigenvalue weighted by molar-refractivity contribution is -0.138. The van der Waals surface area contributed by atoms with Crippen LogP contribution in [0.4, 0.5) is 0 Å². The highest BCUT2D eigenvalue weighted by Gasteiger charge is 2.10. The van der Waals surface area contributed by atoms with Crippen LogP contribution < -0.4 is 5.73 Å². The molecule has 0 amide bonds. The van der Waals surface area contributed by atoms with E-state index in [1.807, 2.05) is 30.3 Å². The average molecular weight is 237 g/mol. The van der Waals surface area contributed by atoms with Crippen molar-refractivity contribution >= 4 is 21.3 Å². The number of carboxylic acids is 1. The smallest absolute Gasteiger partial charge is 0.469 e. The number of rotatable bonds is 5. The predicted octanol–water partition coefficient (Wildman–Crippen LogP) is -1.30. The van der Waals surface area contributed by atoms with Gasteiger partial charge in [0.25, 0.3) is 0 Å². The molecule has 0 aliphatic rings. The van der Waals surface area contributed by atoms with Crippen molar-refractivity contribution in [1.82, 2.24) is 0 Å². The summed E-state index contributed by atoms with van der Waals surface area (Å²) in [5.74, 6) is -0.959. The molecule has 1 aromatic rings. The molecule has 1 aromatic carbocycles. The third-order valence-electron chi connectivity index (χ3n) is 1.74. The van der Waals surface area contributed by atoms with E-state index >= 15 is 0 Å². The molecule has 6 nitrogen and oxygen atoms in total. The minimum Gasteiger partial charge on any atom is -0.480 e. The topological polar surface area (TPSA) is 113 Å². The number of benzene rings is 1. The van der Waals surface area contributed by atoms with Crippen LogP contribution in [0.2, 0.25) is 0 Å². The van der Waals surface area contributed by atoms with Gasteiger partial charge in [-0.2, -0.15) is 0 Å². The van der Waals surface area contributed by atoms with E-state index in [0.29, 0.717) is 21.8 Å². The standard InChI is InChI=1S/C9H11NO2.B2H2O3/c10-8(9(11)12)6-7-4-2-1-3-5-7;3-1-5-2-4/h1-5,8H,6,10H2,(H,11,12);3-4H/t8-;/m0./s1. The maximum atomic E-state index is 10.4. The van der Waals surface area contributed by atoms with Gasteiger partial charge in [-0.15, -0.1) is 0 Å². The normalized spacial score (nSPS) is 10.8.